The highest BCUT2D eigenvalue weighted by molar-refractivity contribution is 5.00. The van der Waals surface area contributed by atoms with Gasteiger partial charge in [-0.05, 0) is 37.5 Å². The van der Waals surface area contributed by atoms with Gasteiger partial charge in [0.05, 0.1) is 0 Å². The zero-order valence-corrected chi connectivity index (χ0v) is 8.28. The van der Waals surface area contributed by atoms with Crippen molar-refractivity contribution in [1.82, 2.24) is 4.90 Å². The van der Waals surface area contributed by atoms with Gasteiger partial charge in [0.2, 0.25) is 0 Å². The van der Waals surface area contributed by atoms with Crippen LogP contribution in [0.5, 0.6) is 0 Å². The van der Waals surface area contributed by atoms with E-state index in [1.807, 2.05) is 0 Å². The van der Waals surface area contributed by atoms with Crippen molar-refractivity contribution in [3.63, 3.8) is 0 Å². The number of hydrogen-bond acceptors (Lipinski definition) is 2. The van der Waals surface area contributed by atoms with Crippen molar-refractivity contribution in [3.05, 3.63) is 0 Å². The molecular formula is C11H20N2. The molecule has 0 radical (unpaired) electrons. The molecule has 0 aromatic carbocycles. The standard InChI is InChI=1S/C11H20N2/c12-6-11-9-4-8(5-9)7-13(11)10-2-1-3-10/h8-11H,1-7,12H2. The molecule has 4 rings (SSSR count). The van der Waals surface area contributed by atoms with Gasteiger partial charge in [0.15, 0.2) is 0 Å². The van der Waals surface area contributed by atoms with Gasteiger partial charge >= 0.3 is 0 Å². The van der Waals surface area contributed by atoms with Crippen LogP contribution in [-0.4, -0.2) is 30.1 Å². The molecule has 2 aliphatic carbocycles. The monoisotopic (exact) mass is 180 g/mol. The topological polar surface area (TPSA) is 29.3 Å². The molecule has 4 fully saturated rings. The van der Waals surface area contributed by atoms with Gasteiger partial charge < -0.3 is 5.73 Å². The van der Waals surface area contributed by atoms with Crippen LogP contribution in [-0.2, 0) is 0 Å². The normalized spacial score (nSPS) is 45.5. The summed E-state index contributed by atoms with van der Waals surface area (Å²) in [6.45, 7) is 2.26. The second-order valence-electron chi connectivity index (χ2n) is 5.18. The molecule has 2 N–H and O–H groups in total. The lowest BCUT2D eigenvalue weighted by Crippen LogP contribution is -2.62. The first kappa shape index (κ1) is 8.25. The van der Waals surface area contributed by atoms with E-state index in [2.05, 4.69) is 4.90 Å². The van der Waals surface area contributed by atoms with Gasteiger partial charge in [-0.1, -0.05) is 6.42 Å². The summed E-state index contributed by atoms with van der Waals surface area (Å²) in [7, 11) is 0. The van der Waals surface area contributed by atoms with Gasteiger partial charge in [0, 0.05) is 25.2 Å². The molecular weight excluding hydrogens is 160 g/mol. The van der Waals surface area contributed by atoms with Gasteiger partial charge in [-0.15, -0.1) is 0 Å². The van der Waals surface area contributed by atoms with E-state index in [1.54, 1.807) is 0 Å². The second-order valence-corrected chi connectivity index (χ2v) is 5.18. The predicted molar refractivity (Wildman–Crippen MR) is 53.4 cm³/mol. The number of piperidine rings is 2. The van der Waals surface area contributed by atoms with E-state index in [-0.39, 0.29) is 0 Å². The van der Waals surface area contributed by atoms with Crippen LogP contribution in [0.1, 0.15) is 32.1 Å². The SMILES string of the molecule is NCC1C2CC(C2)CN1C1CCC1. The van der Waals surface area contributed by atoms with E-state index in [9.17, 15) is 0 Å². The molecule has 2 saturated carbocycles. The second kappa shape index (κ2) is 2.96. The number of nitrogens with zero attached hydrogens (tertiary/aromatic N) is 1. The van der Waals surface area contributed by atoms with E-state index in [4.69, 9.17) is 5.73 Å². The van der Waals surface area contributed by atoms with Crippen molar-refractivity contribution in [2.24, 2.45) is 17.6 Å². The van der Waals surface area contributed by atoms with E-state index in [0.29, 0.717) is 0 Å². The van der Waals surface area contributed by atoms with E-state index >= 15 is 0 Å². The Morgan fingerprint density at radius 3 is 2.54 bits per heavy atom. The molecule has 0 amide bonds. The molecule has 2 aliphatic heterocycles. The van der Waals surface area contributed by atoms with Gasteiger partial charge in [0.25, 0.3) is 0 Å². The molecule has 1 unspecified atom stereocenters. The van der Waals surface area contributed by atoms with Crippen LogP contribution >= 0.6 is 0 Å². The molecule has 2 nitrogen and oxygen atoms in total. The van der Waals surface area contributed by atoms with Crippen molar-refractivity contribution in [2.75, 3.05) is 13.1 Å². The third-order valence-electron chi connectivity index (χ3n) is 4.50. The molecule has 2 heteroatoms. The fourth-order valence-electron chi connectivity index (χ4n) is 3.42. The minimum absolute atomic E-state index is 0.746. The van der Waals surface area contributed by atoms with Crippen molar-refractivity contribution in [2.45, 2.75) is 44.2 Å². The fourth-order valence-corrected chi connectivity index (χ4v) is 3.42. The Balaban J connectivity index is 1.70. The summed E-state index contributed by atoms with van der Waals surface area (Å²) >= 11 is 0. The smallest absolute Gasteiger partial charge is 0.0249 e. The third kappa shape index (κ3) is 1.15. The summed E-state index contributed by atoms with van der Waals surface area (Å²) in [5.74, 6) is 2.00. The van der Waals surface area contributed by atoms with Crippen LogP contribution in [0.25, 0.3) is 0 Å². The molecule has 4 aliphatic rings. The number of hydrogen-bond donors (Lipinski definition) is 1. The van der Waals surface area contributed by atoms with Crippen molar-refractivity contribution < 1.29 is 0 Å². The highest BCUT2D eigenvalue weighted by Gasteiger charge is 2.46. The van der Waals surface area contributed by atoms with Crippen LogP contribution in [0.4, 0.5) is 0 Å². The maximum absolute atomic E-state index is 5.88. The summed E-state index contributed by atoms with van der Waals surface area (Å²) in [6, 6.07) is 1.66. The van der Waals surface area contributed by atoms with Crippen LogP contribution < -0.4 is 5.73 Å². The number of nitrogens with two attached hydrogens (primary N) is 1. The molecule has 0 spiro atoms. The number of rotatable bonds is 2. The average molecular weight is 180 g/mol. The van der Waals surface area contributed by atoms with Gasteiger partial charge in [-0.3, -0.25) is 4.90 Å². The lowest BCUT2D eigenvalue weighted by Gasteiger charge is -2.57. The third-order valence-corrected chi connectivity index (χ3v) is 4.50. The first-order chi connectivity index (χ1) is 6.38. The van der Waals surface area contributed by atoms with Gasteiger partial charge in [-0.25, -0.2) is 0 Å². The first-order valence-corrected chi connectivity index (χ1v) is 5.84. The Bertz CT molecular complexity index is 194. The largest absolute Gasteiger partial charge is 0.329 e. The van der Waals surface area contributed by atoms with Crippen molar-refractivity contribution in [1.29, 1.82) is 0 Å². The van der Waals surface area contributed by atoms with Crippen LogP contribution in [0.15, 0.2) is 0 Å². The zero-order chi connectivity index (χ0) is 8.84. The lowest BCUT2D eigenvalue weighted by atomic mass is 9.65. The Morgan fingerprint density at radius 2 is 2.00 bits per heavy atom. The molecule has 0 aromatic rings. The highest BCUT2D eigenvalue weighted by atomic mass is 15.2. The molecule has 2 bridgehead atoms. The van der Waals surface area contributed by atoms with Gasteiger partial charge in [0.1, 0.15) is 0 Å². The van der Waals surface area contributed by atoms with Crippen molar-refractivity contribution >= 4 is 0 Å². The molecule has 1 atom stereocenters. The Labute approximate surface area is 80.5 Å². The molecule has 2 heterocycles. The van der Waals surface area contributed by atoms with Gasteiger partial charge in [-0.2, -0.15) is 0 Å². The van der Waals surface area contributed by atoms with Crippen LogP contribution in [0.3, 0.4) is 0 Å². The Morgan fingerprint density at radius 1 is 1.23 bits per heavy atom. The minimum atomic E-state index is 0.746. The Kier molecular flexibility index (Phi) is 1.88. The van der Waals surface area contributed by atoms with E-state index in [1.165, 1.54) is 38.6 Å². The lowest BCUT2D eigenvalue weighted by molar-refractivity contribution is -0.0670. The Hall–Kier alpha value is -0.0800. The quantitative estimate of drug-likeness (QED) is 0.692. The van der Waals surface area contributed by atoms with E-state index < -0.39 is 0 Å². The van der Waals surface area contributed by atoms with Crippen LogP contribution in [0, 0.1) is 11.8 Å². The maximum atomic E-state index is 5.88. The zero-order valence-electron chi connectivity index (χ0n) is 8.28. The average Bonchev–Trinajstić information content (AvgIpc) is 1.99. The summed E-state index contributed by atoms with van der Waals surface area (Å²) in [6.07, 6.45) is 7.29. The minimum Gasteiger partial charge on any atom is -0.329 e. The fraction of sp³-hybridized carbons (Fsp3) is 1.00. The predicted octanol–water partition coefficient (Wildman–Crippen LogP) is 1.21. The van der Waals surface area contributed by atoms with E-state index in [0.717, 1.165) is 30.5 Å². The summed E-state index contributed by atoms with van der Waals surface area (Å²) in [4.78, 5) is 2.74. The number of fused-ring (bicyclic) bond motifs is 2. The highest BCUT2D eigenvalue weighted by Crippen LogP contribution is 2.46. The molecule has 13 heavy (non-hydrogen) atoms. The van der Waals surface area contributed by atoms with Crippen molar-refractivity contribution in [3.8, 4) is 0 Å². The van der Waals surface area contributed by atoms with Crippen LogP contribution in [0.2, 0.25) is 0 Å². The maximum Gasteiger partial charge on any atom is 0.0249 e. The summed E-state index contributed by atoms with van der Waals surface area (Å²) in [5.41, 5.74) is 5.88. The molecule has 74 valence electrons. The summed E-state index contributed by atoms with van der Waals surface area (Å²) in [5, 5.41) is 0. The summed E-state index contributed by atoms with van der Waals surface area (Å²) < 4.78 is 0. The first-order valence-electron chi connectivity index (χ1n) is 5.84. The molecule has 0 aromatic heterocycles. The molecule has 2 saturated heterocycles.